The highest BCUT2D eigenvalue weighted by molar-refractivity contribution is 5.83. The van der Waals surface area contributed by atoms with Gasteiger partial charge in [-0.2, -0.15) is 0 Å². The van der Waals surface area contributed by atoms with Crippen LogP contribution in [0.3, 0.4) is 0 Å². The summed E-state index contributed by atoms with van der Waals surface area (Å²) in [5.74, 6) is -0.235. The number of rotatable bonds is 2. The Bertz CT molecular complexity index is 234. The number of carbonyl (C=O) groups excluding carboxylic acids is 1. The maximum atomic E-state index is 11.4. The summed E-state index contributed by atoms with van der Waals surface area (Å²) in [6, 6.07) is 0. The topological polar surface area (TPSA) is 35.5 Å². The van der Waals surface area contributed by atoms with Gasteiger partial charge in [0.25, 0.3) is 0 Å². The highest BCUT2D eigenvalue weighted by atomic mass is 16.6. The van der Waals surface area contributed by atoms with Gasteiger partial charge in [-0.3, -0.25) is 0 Å². The Hall–Kier alpha value is -0.830. The number of hydrogen-bond donors (Lipinski definition) is 0. The lowest BCUT2D eigenvalue weighted by Gasteiger charge is -2.19. The van der Waals surface area contributed by atoms with Crippen LogP contribution < -0.4 is 0 Å². The molecule has 0 unspecified atom stereocenters. The van der Waals surface area contributed by atoms with Crippen molar-refractivity contribution in [2.45, 2.75) is 31.5 Å². The van der Waals surface area contributed by atoms with Gasteiger partial charge in [0, 0.05) is 0 Å². The molecule has 2 rings (SSSR count). The van der Waals surface area contributed by atoms with Crippen LogP contribution in [0.5, 0.6) is 0 Å². The van der Waals surface area contributed by atoms with E-state index in [2.05, 4.69) is 0 Å². The third-order valence-electron chi connectivity index (χ3n) is 2.36. The van der Waals surface area contributed by atoms with Crippen LogP contribution >= 0.6 is 0 Å². The minimum Gasteiger partial charge on any atom is -0.464 e. The van der Waals surface area contributed by atoms with Crippen molar-refractivity contribution >= 4 is 5.97 Å². The van der Waals surface area contributed by atoms with Gasteiger partial charge in [-0.1, -0.05) is 6.08 Å². The molecule has 0 aliphatic carbocycles. The van der Waals surface area contributed by atoms with Gasteiger partial charge >= 0.3 is 5.97 Å². The second-order valence-corrected chi connectivity index (χ2v) is 3.16. The van der Waals surface area contributed by atoms with Crippen LogP contribution in [0.4, 0.5) is 0 Å². The second kappa shape index (κ2) is 2.59. The Morgan fingerprint density at radius 1 is 1.83 bits per heavy atom. The summed E-state index contributed by atoms with van der Waals surface area (Å²) in [5.41, 5.74) is -0.722. The standard InChI is InChI=1S/C9H12O3/c1-2-11-8(10)9-5-3-7(12-9)4-6-9/h3,5,7H,2,4,6H2,1H3/t7-,9+/m1/s1. The van der Waals surface area contributed by atoms with Gasteiger partial charge in [0.2, 0.25) is 0 Å². The Kier molecular flexibility index (Phi) is 1.68. The van der Waals surface area contributed by atoms with Crippen molar-refractivity contribution in [1.82, 2.24) is 0 Å². The molecule has 2 aliphatic heterocycles. The van der Waals surface area contributed by atoms with E-state index in [4.69, 9.17) is 9.47 Å². The molecule has 3 nitrogen and oxygen atoms in total. The molecule has 0 radical (unpaired) electrons. The quantitative estimate of drug-likeness (QED) is 0.456. The summed E-state index contributed by atoms with van der Waals surface area (Å²) in [5, 5.41) is 0. The zero-order valence-electron chi connectivity index (χ0n) is 7.08. The van der Waals surface area contributed by atoms with Gasteiger partial charge in [-0.15, -0.1) is 0 Å². The van der Waals surface area contributed by atoms with E-state index in [0.717, 1.165) is 12.8 Å². The van der Waals surface area contributed by atoms with E-state index in [9.17, 15) is 4.79 Å². The van der Waals surface area contributed by atoms with E-state index in [-0.39, 0.29) is 12.1 Å². The van der Waals surface area contributed by atoms with E-state index in [1.54, 1.807) is 6.92 Å². The largest absolute Gasteiger partial charge is 0.464 e. The molecule has 0 N–H and O–H groups in total. The van der Waals surface area contributed by atoms with E-state index < -0.39 is 5.60 Å². The Morgan fingerprint density at radius 3 is 3.08 bits per heavy atom. The number of hydrogen-bond acceptors (Lipinski definition) is 3. The number of fused-ring (bicyclic) bond motifs is 2. The van der Waals surface area contributed by atoms with Crippen molar-refractivity contribution in [2.75, 3.05) is 6.61 Å². The minimum atomic E-state index is -0.722. The van der Waals surface area contributed by atoms with Crippen molar-refractivity contribution in [3.8, 4) is 0 Å². The summed E-state index contributed by atoms with van der Waals surface area (Å²) in [7, 11) is 0. The lowest BCUT2D eigenvalue weighted by molar-refractivity contribution is -0.161. The molecule has 66 valence electrons. The third kappa shape index (κ3) is 0.966. The first-order chi connectivity index (χ1) is 5.77. The summed E-state index contributed by atoms with van der Waals surface area (Å²) in [6.45, 7) is 2.22. The first-order valence-electron chi connectivity index (χ1n) is 4.31. The second-order valence-electron chi connectivity index (χ2n) is 3.16. The zero-order chi connectivity index (χ0) is 8.60. The molecule has 0 saturated carbocycles. The third-order valence-corrected chi connectivity index (χ3v) is 2.36. The monoisotopic (exact) mass is 168 g/mol. The van der Waals surface area contributed by atoms with Crippen LogP contribution in [-0.2, 0) is 14.3 Å². The summed E-state index contributed by atoms with van der Waals surface area (Å²) < 4.78 is 10.4. The number of esters is 1. The summed E-state index contributed by atoms with van der Waals surface area (Å²) >= 11 is 0. The van der Waals surface area contributed by atoms with Crippen LogP contribution in [0.1, 0.15) is 19.8 Å². The Balaban J connectivity index is 2.12. The molecule has 2 bridgehead atoms. The Labute approximate surface area is 71.3 Å². The van der Waals surface area contributed by atoms with Crippen molar-refractivity contribution < 1.29 is 14.3 Å². The van der Waals surface area contributed by atoms with Crippen molar-refractivity contribution in [1.29, 1.82) is 0 Å². The fourth-order valence-corrected chi connectivity index (χ4v) is 1.74. The van der Waals surface area contributed by atoms with Crippen molar-refractivity contribution in [3.63, 3.8) is 0 Å². The molecule has 2 atom stereocenters. The zero-order valence-corrected chi connectivity index (χ0v) is 7.08. The molecule has 2 aliphatic rings. The molecule has 3 heteroatoms. The van der Waals surface area contributed by atoms with Gasteiger partial charge in [0.15, 0.2) is 5.60 Å². The first-order valence-corrected chi connectivity index (χ1v) is 4.31. The minimum absolute atomic E-state index is 0.148. The van der Waals surface area contributed by atoms with Gasteiger partial charge in [-0.05, 0) is 25.8 Å². The average molecular weight is 168 g/mol. The molecule has 12 heavy (non-hydrogen) atoms. The van der Waals surface area contributed by atoms with E-state index >= 15 is 0 Å². The molecular formula is C9H12O3. The first kappa shape index (κ1) is 7.80. The fraction of sp³-hybridized carbons (Fsp3) is 0.667. The summed E-state index contributed by atoms with van der Waals surface area (Å²) in [6.07, 6.45) is 5.64. The van der Waals surface area contributed by atoms with Gasteiger partial charge in [0.1, 0.15) is 0 Å². The molecule has 1 fully saturated rings. The van der Waals surface area contributed by atoms with Crippen molar-refractivity contribution in [2.24, 2.45) is 0 Å². The van der Waals surface area contributed by atoms with Crippen LogP contribution in [-0.4, -0.2) is 24.3 Å². The molecule has 0 spiro atoms. The molecule has 0 aromatic carbocycles. The molecule has 0 aromatic heterocycles. The number of carbonyl (C=O) groups is 1. The highest BCUT2D eigenvalue weighted by Gasteiger charge is 2.49. The molecular weight excluding hydrogens is 156 g/mol. The van der Waals surface area contributed by atoms with Gasteiger partial charge in [-0.25, -0.2) is 4.79 Å². The SMILES string of the molecule is CCOC(=O)[C@]12C=C[C@H](CC1)O2. The average Bonchev–Trinajstić information content (AvgIpc) is 2.64. The van der Waals surface area contributed by atoms with Crippen LogP contribution in [0.25, 0.3) is 0 Å². The maximum Gasteiger partial charge on any atom is 0.342 e. The predicted molar refractivity (Wildman–Crippen MR) is 42.6 cm³/mol. The van der Waals surface area contributed by atoms with E-state index in [1.807, 2.05) is 12.2 Å². The van der Waals surface area contributed by atoms with E-state index in [0.29, 0.717) is 6.61 Å². The normalized spacial score (nSPS) is 37.2. The van der Waals surface area contributed by atoms with E-state index in [1.165, 1.54) is 0 Å². The molecule has 0 aromatic rings. The fourth-order valence-electron chi connectivity index (χ4n) is 1.74. The van der Waals surface area contributed by atoms with Crippen molar-refractivity contribution in [3.05, 3.63) is 12.2 Å². The van der Waals surface area contributed by atoms with Gasteiger partial charge < -0.3 is 9.47 Å². The van der Waals surface area contributed by atoms with Crippen LogP contribution in [0.15, 0.2) is 12.2 Å². The lowest BCUT2D eigenvalue weighted by Crippen LogP contribution is -2.36. The van der Waals surface area contributed by atoms with Crippen LogP contribution in [0, 0.1) is 0 Å². The molecule has 2 heterocycles. The Morgan fingerprint density at radius 2 is 2.67 bits per heavy atom. The van der Waals surface area contributed by atoms with Gasteiger partial charge in [0.05, 0.1) is 12.7 Å². The predicted octanol–water partition coefficient (Wildman–Crippen LogP) is 1.04. The number of ether oxygens (including phenoxy) is 2. The lowest BCUT2D eigenvalue weighted by atomic mass is 9.95. The van der Waals surface area contributed by atoms with Crippen LogP contribution in [0.2, 0.25) is 0 Å². The molecule has 1 saturated heterocycles. The smallest absolute Gasteiger partial charge is 0.342 e. The summed E-state index contributed by atoms with van der Waals surface area (Å²) in [4.78, 5) is 11.4. The highest BCUT2D eigenvalue weighted by Crippen LogP contribution is 2.38. The maximum absolute atomic E-state index is 11.4. The molecule has 0 amide bonds.